The molecule has 2 aromatic carbocycles. The summed E-state index contributed by atoms with van der Waals surface area (Å²) in [7, 11) is 0. The molecule has 0 aromatic heterocycles. The lowest BCUT2D eigenvalue weighted by Gasteiger charge is -2.13. The molecule has 0 saturated carbocycles. The summed E-state index contributed by atoms with van der Waals surface area (Å²) < 4.78 is 13.4. The van der Waals surface area contributed by atoms with Gasteiger partial charge in [0.1, 0.15) is 5.82 Å². The van der Waals surface area contributed by atoms with E-state index in [9.17, 15) is 4.39 Å². The van der Waals surface area contributed by atoms with E-state index in [0.29, 0.717) is 6.42 Å². The van der Waals surface area contributed by atoms with Crippen molar-refractivity contribution >= 4 is 11.6 Å². The molecule has 2 aromatic rings. The van der Waals surface area contributed by atoms with Gasteiger partial charge in [0.05, 0.1) is 5.02 Å². The number of nitrogens with two attached hydrogens (primary N) is 1. The van der Waals surface area contributed by atoms with E-state index < -0.39 is 0 Å². The number of rotatable bonds is 4. The van der Waals surface area contributed by atoms with Gasteiger partial charge in [-0.25, -0.2) is 4.39 Å². The number of hydrogen-bond acceptors (Lipinski definition) is 1. The number of aryl methyl sites for hydroxylation is 2. The van der Waals surface area contributed by atoms with Crippen LogP contribution in [0.15, 0.2) is 36.4 Å². The molecule has 0 radical (unpaired) electrons. The molecule has 3 heteroatoms. The van der Waals surface area contributed by atoms with E-state index in [1.165, 1.54) is 22.8 Å². The highest BCUT2D eigenvalue weighted by Crippen LogP contribution is 2.17. The molecule has 0 aliphatic carbocycles. The van der Waals surface area contributed by atoms with Crippen LogP contribution in [0, 0.1) is 19.7 Å². The molecule has 0 aliphatic rings. The molecule has 1 nitrogen and oxygen atoms in total. The lowest BCUT2D eigenvalue weighted by atomic mass is 9.97. The van der Waals surface area contributed by atoms with Gasteiger partial charge < -0.3 is 5.73 Å². The lowest BCUT2D eigenvalue weighted by molar-refractivity contribution is 0.618. The van der Waals surface area contributed by atoms with Crippen LogP contribution in [0.1, 0.15) is 22.3 Å². The van der Waals surface area contributed by atoms with Crippen molar-refractivity contribution in [1.82, 2.24) is 0 Å². The Morgan fingerprint density at radius 1 is 1.00 bits per heavy atom. The number of halogens is 2. The molecular weight excluding hydrogens is 273 g/mol. The molecule has 0 fully saturated rings. The third-order valence-electron chi connectivity index (χ3n) is 3.26. The van der Waals surface area contributed by atoms with Gasteiger partial charge in [0.2, 0.25) is 0 Å². The Balaban J connectivity index is 2.04. The summed E-state index contributed by atoms with van der Waals surface area (Å²) in [5.74, 6) is -0.386. The smallest absolute Gasteiger partial charge is 0.142 e. The van der Waals surface area contributed by atoms with Crippen LogP contribution in [0.4, 0.5) is 4.39 Å². The van der Waals surface area contributed by atoms with Gasteiger partial charge in [-0.2, -0.15) is 0 Å². The van der Waals surface area contributed by atoms with Crippen LogP contribution in [0.3, 0.4) is 0 Å². The molecule has 2 N–H and O–H groups in total. The maximum Gasteiger partial charge on any atom is 0.142 e. The summed E-state index contributed by atoms with van der Waals surface area (Å²) in [6.07, 6.45) is 1.42. The fraction of sp³-hybridized carbons (Fsp3) is 0.294. The van der Waals surface area contributed by atoms with Crippen molar-refractivity contribution in [2.24, 2.45) is 5.73 Å². The van der Waals surface area contributed by atoms with E-state index in [0.717, 1.165) is 12.0 Å². The second kappa shape index (κ2) is 6.38. The Bertz CT molecular complexity index is 590. The van der Waals surface area contributed by atoms with Gasteiger partial charge in [0.15, 0.2) is 0 Å². The zero-order chi connectivity index (χ0) is 14.7. The fourth-order valence-electron chi connectivity index (χ4n) is 2.53. The number of hydrogen-bond donors (Lipinski definition) is 1. The van der Waals surface area contributed by atoms with Crippen molar-refractivity contribution in [3.05, 3.63) is 69.5 Å². The largest absolute Gasteiger partial charge is 0.327 e. The number of benzene rings is 2. The van der Waals surface area contributed by atoms with E-state index in [1.54, 1.807) is 6.07 Å². The highest BCUT2D eigenvalue weighted by molar-refractivity contribution is 6.30. The molecule has 2 rings (SSSR count). The molecule has 1 atom stereocenters. The summed E-state index contributed by atoms with van der Waals surface area (Å²) >= 11 is 5.68. The van der Waals surface area contributed by atoms with E-state index in [1.807, 2.05) is 6.07 Å². The van der Waals surface area contributed by atoms with Crippen LogP contribution in [0.25, 0.3) is 0 Å². The summed E-state index contributed by atoms with van der Waals surface area (Å²) in [5.41, 5.74) is 10.8. The van der Waals surface area contributed by atoms with Gasteiger partial charge in [0.25, 0.3) is 0 Å². The molecule has 0 aliphatic heterocycles. The van der Waals surface area contributed by atoms with E-state index in [-0.39, 0.29) is 16.9 Å². The molecule has 106 valence electrons. The monoisotopic (exact) mass is 291 g/mol. The van der Waals surface area contributed by atoms with Crippen LogP contribution < -0.4 is 5.73 Å². The van der Waals surface area contributed by atoms with Crippen LogP contribution >= 0.6 is 11.6 Å². The predicted molar refractivity (Wildman–Crippen MR) is 82.7 cm³/mol. The second-order valence-electron chi connectivity index (χ2n) is 5.41. The molecule has 0 heterocycles. The van der Waals surface area contributed by atoms with Crippen LogP contribution in [-0.2, 0) is 12.8 Å². The first-order valence-corrected chi connectivity index (χ1v) is 7.08. The van der Waals surface area contributed by atoms with Gasteiger partial charge in [-0.05, 0) is 49.9 Å². The summed E-state index contributed by atoms with van der Waals surface area (Å²) in [5, 5.41) is 0.150. The van der Waals surface area contributed by atoms with Crippen molar-refractivity contribution in [2.45, 2.75) is 32.7 Å². The van der Waals surface area contributed by atoms with Crippen LogP contribution in [-0.4, -0.2) is 6.04 Å². The highest BCUT2D eigenvalue weighted by Gasteiger charge is 2.08. The Hall–Kier alpha value is -1.38. The van der Waals surface area contributed by atoms with Gasteiger partial charge in [-0.1, -0.05) is 47.0 Å². The molecule has 0 amide bonds. The van der Waals surface area contributed by atoms with Crippen LogP contribution in [0.5, 0.6) is 0 Å². The van der Waals surface area contributed by atoms with Crippen LogP contribution in [0.2, 0.25) is 5.02 Å². The topological polar surface area (TPSA) is 26.0 Å². The maximum absolute atomic E-state index is 13.4. The van der Waals surface area contributed by atoms with Crippen molar-refractivity contribution in [1.29, 1.82) is 0 Å². The van der Waals surface area contributed by atoms with Crippen molar-refractivity contribution in [3.8, 4) is 0 Å². The molecular formula is C17H19ClFN. The molecule has 0 spiro atoms. The average Bonchev–Trinajstić information content (AvgIpc) is 2.32. The van der Waals surface area contributed by atoms with E-state index in [2.05, 4.69) is 32.0 Å². The van der Waals surface area contributed by atoms with Gasteiger partial charge in [0, 0.05) is 6.04 Å². The quantitative estimate of drug-likeness (QED) is 0.897. The second-order valence-corrected chi connectivity index (χ2v) is 5.82. The van der Waals surface area contributed by atoms with Crippen molar-refractivity contribution < 1.29 is 4.39 Å². The van der Waals surface area contributed by atoms with Crippen molar-refractivity contribution in [3.63, 3.8) is 0 Å². The first-order chi connectivity index (χ1) is 9.44. The minimum atomic E-state index is -0.386. The van der Waals surface area contributed by atoms with Crippen molar-refractivity contribution in [2.75, 3.05) is 0 Å². The minimum Gasteiger partial charge on any atom is -0.327 e. The van der Waals surface area contributed by atoms with E-state index >= 15 is 0 Å². The predicted octanol–water partition coefficient (Wildman–Crippen LogP) is 4.21. The summed E-state index contributed by atoms with van der Waals surface area (Å²) in [4.78, 5) is 0. The lowest BCUT2D eigenvalue weighted by Crippen LogP contribution is -2.25. The molecule has 1 unspecified atom stereocenters. The molecule has 0 saturated heterocycles. The highest BCUT2D eigenvalue weighted by atomic mass is 35.5. The van der Waals surface area contributed by atoms with Gasteiger partial charge in [-0.3, -0.25) is 0 Å². The zero-order valence-electron chi connectivity index (χ0n) is 11.8. The standard InChI is InChI=1S/C17H19ClFN/c1-11-5-12(2)7-14(6-11)9-15(20)8-13-3-4-16(18)17(19)10-13/h3-7,10,15H,8-9,20H2,1-2H3. The Kier molecular flexibility index (Phi) is 4.79. The average molecular weight is 292 g/mol. The summed E-state index contributed by atoms with van der Waals surface area (Å²) in [6, 6.07) is 11.3. The SMILES string of the molecule is Cc1cc(C)cc(CC(N)Cc2ccc(Cl)c(F)c2)c1. The summed E-state index contributed by atoms with van der Waals surface area (Å²) in [6.45, 7) is 4.16. The molecule has 0 bridgehead atoms. The van der Waals surface area contributed by atoms with Gasteiger partial charge >= 0.3 is 0 Å². The first kappa shape index (κ1) is 15.0. The Labute approximate surface area is 124 Å². The molecule has 20 heavy (non-hydrogen) atoms. The third kappa shape index (κ3) is 4.06. The Morgan fingerprint density at radius 3 is 2.20 bits per heavy atom. The maximum atomic E-state index is 13.4. The fourth-order valence-corrected chi connectivity index (χ4v) is 2.65. The van der Waals surface area contributed by atoms with E-state index in [4.69, 9.17) is 17.3 Å². The normalized spacial score (nSPS) is 12.4. The first-order valence-electron chi connectivity index (χ1n) is 6.70. The third-order valence-corrected chi connectivity index (χ3v) is 3.57. The Morgan fingerprint density at radius 2 is 1.60 bits per heavy atom. The zero-order valence-corrected chi connectivity index (χ0v) is 12.5. The van der Waals surface area contributed by atoms with Gasteiger partial charge in [-0.15, -0.1) is 0 Å². The minimum absolute atomic E-state index is 0.0308.